The molecule has 1 aromatic heterocycles. The molecule has 1 aliphatic heterocycles. The van der Waals surface area contributed by atoms with E-state index in [9.17, 15) is 27.6 Å². The zero-order valence-corrected chi connectivity index (χ0v) is 20.3. The summed E-state index contributed by atoms with van der Waals surface area (Å²) in [4.78, 5) is 42.1. The summed E-state index contributed by atoms with van der Waals surface area (Å²) in [5, 5.41) is 6.70. The van der Waals surface area contributed by atoms with Gasteiger partial charge in [-0.05, 0) is 50.8 Å². The van der Waals surface area contributed by atoms with Crippen molar-refractivity contribution >= 4 is 41.2 Å². The van der Waals surface area contributed by atoms with Crippen molar-refractivity contribution in [2.45, 2.75) is 39.0 Å². The van der Waals surface area contributed by atoms with Gasteiger partial charge in [0.05, 0.1) is 5.69 Å². The van der Waals surface area contributed by atoms with E-state index < -0.39 is 12.1 Å². The van der Waals surface area contributed by atoms with Crippen LogP contribution in [0.15, 0.2) is 24.3 Å². The molecule has 3 amide bonds. The molecule has 0 spiro atoms. The molecule has 0 bridgehead atoms. The summed E-state index contributed by atoms with van der Waals surface area (Å²) in [6.07, 6.45) is -1.27. The highest BCUT2D eigenvalue weighted by atomic mass is 19.4. The van der Waals surface area contributed by atoms with E-state index in [0.717, 1.165) is 36.8 Å². The number of halogens is 3. The van der Waals surface area contributed by atoms with Gasteiger partial charge in [-0.2, -0.15) is 0 Å². The lowest BCUT2D eigenvalue weighted by Gasteiger charge is -2.21. The first-order valence-electron chi connectivity index (χ1n) is 11.8. The van der Waals surface area contributed by atoms with Gasteiger partial charge in [0, 0.05) is 48.9 Å². The van der Waals surface area contributed by atoms with Gasteiger partial charge in [0.25, 0.3) is 5.91 Å². The average molecular weight is 521 g/mol. The highest BCUT2D eigenvalue weighted by Gasteiger charge is 2.33. The van der Waals surface area contributed by atoms with E-state index in [1.165, 1.54) is 25.2 Å². The fourth-order valence-corrected chi connectivity index (χ4v) is 3.89. The van der Waals surface area contributed by atoms with Crippen molar-refractivity contribution in [3.63, 3.8) is 0 Å². The molecule has 1 aromatic carbocycles. The third-order valence-electron chi connectivity index (χ3n) is 6.03. The van der Waals surface area contributed by atoms with Crippen molar-refractivity contribution in [3.05, 3.63) is 35.4 Å². The Morgan fingerprint density at radius 3 is 2.49 bits per heavy atom. The zero-order valence-electron chi connectivity index (χ0n) is 20.3. The lowest BCUT2D eigenvalue weighted by Crippen LogP contribution is -2.27. The number of carbonyl (C=O) groups excluding carboxylic acids is 3. The van der Waals surface area contributed by atoms with Gasteiger partial charge in [0.1, 0.15) is 5.82 Å². The van der Waals surface area contributed by atoms with Crippen LogP contribution in [0.3, 0.4) is 0 Å². The summed E-state index contributed by atoms with van der Waals surface area (Å²) >= 11 is 0. The molecule has 1 saturated carbocycles. The molecular formula is C24H27F3N6O4. The van der Waals surface area contributed by atoms with Crippen molar-refractivity contribution < 1.29 is 32.3 Å². The standard InChI is InChI=1S/C24H27F3N6O4/c1-14-18(12-20(30-22(35)15-5-6-15)29-21(14)31-32(2)13-34)28-17-8-7-16(11-19(17)37-24(25,26)27)23(36)33-9-3-4-10-33/h7-8,11-13,15H,3-6,9-10H2,1-2H3,(H3,28,29,30,31,35). The quantitative estimate of drug-likeness (QED) is 0.338. The van der Waals surface area contributed by atoms with Crippen molar-refractivity contribution in [2.75, 3.05) is 36.2 Å². The molecule has 4 rings (SSSR count). The van der Waals surface area contributed by atoms with Gasteiger partial charge in [-0.1, -0.05) is 0 Å². The SMILES string of the molecule is Cc1c(Nc2ccc(C(=O)N3CCCC3)cc2OC(F)(F)F)cc(NC(=O)C2CC2)nc1NN(C)C=O. The molecule has 198 valence electrons. The molecule has 1 saturated heterocycles. The van der Waals surface area contributed by atoms with Crippen LogP contribution < -0.4 is 20.8 Å². The number of rotatable bonds is 9. The number of pyridine rings is 1. The van der Waals surface area contributed by atoms with E-state index in [1.54, 1.807) is 11.8 Å². The van der Waals surface area contributed by atoms with Gasteiger partial charge >= 0.3 is 6.36 Å². The Kier molecular flexibility index (Phi) is 7.41. The summed E-state index contributed by atoms with van der Waals surface area (Å²) in [5.41, 5.74) is 3.52. The molecule has 2 heterocycles. The zero-order chi connectivity index (χ0) is 26.7. The van der Waals surface area contributed by atoms with Crippen LogP contribution in [0.2, 0.25) is 0 Å². The molecule has 2 aliphatic rings. The number of carbonyl (C=O) groups is 3. The fraction of sp³-hybridized carbons (Fsp3) is 0.417. The molecule has 10 nitrogen and oxygen atoms in total. The van der Waals surface area contributed by atoms with E-state index in [1.807, 2.05) is 0 Å². The largest absolute Gasteiger partial charge is 0.573 e. The number of aromatic nitrogens is 1. The number of ether oxygens (including phenoxy) is 1. The second-order valence-electron chi connectivity index (χ2n) is 9.00. The van der Waals surface area contributed by atoms with Crippen LogP contribution in [0.1, 0.15) is 41.6 Å². The Hall–Kier alpha value is -4.03. The summed E-state index contributed by atoms with van der Waals surface area (Å²) < 4.78 is 44.0. The van der Waals surface area contributed by atoms with Gasteiger partial charge in [0.15, 0.2) is 11.6 Å². The Labute approximate surface area is 211 Å². The summed E-state index contributed by atoms with van der Waals surface area (Å²) in [6, 6.07) is 5.29. The normalized spacial score (nSPS) is 15.2. The molecule has 0 unspecified atom stereocenters. The smallest absolute Gasteiger partial charge is 0.404 e. The van der Waals surface area contributed by atoms with Crippen LogP contribution in [-0.2, 0) is 9.59 Å². The number of anilines is 4. The molecular weight excluding hydrogens is 493 g/mol. The molecule has 37 heavy (non-hydrogen) atoms. The lowest BCUT2D eigenvalue weighted by atomic mass is 10.1. The minimum absolute atomic E-state index is 0.0567. The van der Waals surface area contributed by atoms with Crippen LogP contribution >= 0.6 is 0 Å². The predicted molar refractivity (Wildman–Crippen MR) is 129 cm³/mol. The monoisotopic (exact) mass is 520 g/mol. The first kappa shape index (κ1) is 26.0. The second-order valence-corrected chi connectivity index (χ2v) is 9.00. The Bertz CT molecular complexity index is 1200. The summed E-state index contributed by atoms with van der Waals surface area (Å²) in [6.45, 7) is 2.73. The highest BCUT2D eigenvalue weighted by Crippen LogP contribution is 2.37. The summed E-state index contributed by atoms with van der Waals surface area (Å²) in [5.74, 6) is -0.943. The number of alkyl halides is 3. The topological polar surface area (TPSA) is 116 Å². The lowest BCUT2D eigenvalue weighted by molar-refractivity contribution is -0.274. The first-order chi connectivity index (χ1) is 17.5. The molecule has 3 N–H and O–H groups in total. The predicted octanol–water partition coefficient (Wildman–Crippen LogP) is 4.03. The van der Waals surface area contributed by atoms with Gasteiger partial charge in [0.2, 0.25) is 12.3 Å². The number of nitrogens with zero attached hydrogens (tertiary/aromatic N) is 3. The van der Waals surface area contributed by atoms with Gasteiger partial charge in [-0.3, -0.25) is 24.8 Å². The van der Waals surface area contributed by atoms with E-state index in [0.29, 0.717) is 30.8 Å². The molecule has 1 aliphatic carbocycles. The highest BCUT2D eigenvalue weighted by molar-refractivity contribution is 5.96. The van der Waals surface area contributed by atoms with Crippen LogP contribution in [0.25, 0.3) is 0 Å². The van der Waals surface area contributed by atoms with Gasteiger partial charge in [-0.25, -0.2) is 4.98 Å². The average Bonchev–Trinajstić information content (AvgIpc) is 3.55. The molecule has 0 radical (unpaired) electrons. The number of hydrogen-bond donors (Lipinski definition) is 3. The summed E-state index contributed by atoms with van der Waals surface area (Å²) in [7, 11) is 1.45. The number of benzene rings is 1. The fourth-order valence-electron chi connectivity index (χ4n) is 3.89. The number of hydrogen-bond acceptors (Lipinski definition) is 7. The maximum atomic E-state index is 13.3. The second kappa shape index (κ2) is 10.5. The van der Waals surface area contributed by atoms with Crippen molar-refractivity contribution in [1.29, 1.82) is 0 Å². The number of likely N-dealkylation sites (tertiary alicyclic amines) is 1. The Balaban J connectivity index is 1.69. The number of hydrazine groups is 1. The maximum Gasteiger partial charge on any atom is 0.573 e. The molecule has 13 heteroatoms. The first-order valence-corrected chi connectivity index (χ1v) is 11.8. The molecule has 0 atom stereocenters. The van der Waals surface area contributed by atoms with Crippen LogP contribution in [0.5, 0.6) is 5.75 Å². The maximum absolute atomic E-state index is 13.3. The molecule has 2 aromatic rings. The van der Waals surface area contributed by atoms with Crippen LogP contribution in [0, 0.1) is 12.8 Å². The van der Waals surface area contributed by atoms with Crippen LogP contribution in [-0.4, -0.2) is 59.6 Å². The van der Waals surface area contributed by atoms with Crippen molar-refractivity contribution in [1.82, 2.24) is 14.9 Å². The third kappa shape index (κ3) is 6.60. The van der Waals surface area contributed by atoms with E-state index in [2.05, 4.69) is 25.8 Å². The van der Waals surface area contributed by atoms with E-state index >= 15 is 0 Å². The van der Waals surface area contributed by atoms with Gasteiger partial charge in [-0.15, -0.1) is 13.2 Å². The van der Waals surface area contributed by atoms with Crippen molar-refractivity contribution in [2.24, 2.45) is 5.92 Å². The Morgan fingerprint density at radius 2 is 1.86 bits per heavy atom. The van der Waals surface area contributed by atoms with Gasteiger partial charge < -0.3 is 20.3 Å². The number of amides is 3. The molecule has 2 fully saturated rings. The van der Waals surface area contributed by atoms with Crippen LogP contribution in [0.4, 0.5) is 36.2 Å². The van der Waals surface area contributed by atoms with E-state index in [4.69, 9.17) is 0 Å². The Morgan fingerprint density at radius 1 is 1.16 bits per heavy atom. The minimum Gasteiger partial charge on any atom is -0.404 e. The minimum atomic E-state index is -5.00. The number of nitrogens with one attached hydrogen (secondary N) is 3. The third-order valence-corrected chi connectivity index (χ3v) is 6.03. The van der Waals surface area contributed by atoms with E-state index in [-0.39, 0.29) is 40.6 Å². The van der Waals surface area contributed by atoms with Crippen molar-refractivity contribution in [3.8, 4) is 5.75 Å².